The van der Waals surface area contributed by atoms with Gasteiger partial charge in [-0.3, -0.25) is 14.3 Å². The summed E-state index contributed by atoms with van der Waals surface area (Å²) in [4.78, 5) is 26.0. The van der Waals surface area contributed by atoms with Gasteiger partial charge in [0.15, 0.2) is 0 Å². The molecule has 160 valence electrons. The predicted molar refractivity (Wildman–Crippen MR) is 94.1 cm³/mol. The van der Waals surface area contributed by atoms with Crippen LogP contribution in [-0.2, 0) is 10.0 Å². The Bertz CT molecular complexity index is 1310. The molecule has 0 atom stereocenters. The highest BCUT2D eigenvalue weighted by Crippen LogP contribution is 2.31. The molecule has 3 N–H and O–H groups in total. The Labute approximate surface area is 163 Å². The molecule has 1 aromatic heterocycles. The lowest BCUT2D eigenvalue weighted by Gasteiger charge is -2.14. The van der Waals surface area contributed by atoms with Gasteiger partial charge >= 0.3 is 17.5 Å². The number of hydrogen-bond acceptors (Lipinski definition) is 5. The molecule has 0 spiro atoms. The van der Waals surface area contributed by atoms with Crippen molar-refractivity contribution in [2.75, 3.05) is 4.72 Å². The third kappa shape index (κ3) is 4.59. The van der Waals surface area contributed by atoms with Crippen LogP contribution in [-0.4, -0.2) is 24.7 Å². The normalized spacial score (nSPS) is 12.3. The molecule has 2 aromatic carbocycles. The first kappa shape index (κ1) is 21.3. The monoisotopic (exact) mass is 451 g/mol. The lowest BCUT2D eigenvalue weighted by atomic mass is 10.2. The highest BCUT2D eigenvalue weighted by molar-refractivity contribution is 7.92. The fourth-order valence-electron chi connectivity index (χ4n) is 2.50. The summed E-state index contributed by atoms with van der Waals surface area (Å²) in [6.07, 6.45) is -8.21. The van der Waals surface area contributed by atoms with Gasteiger partial charge in [0, 0.05) is 11.3 Å². The van der Waals surface area contributed by atoms with E-state index in [0.29, 0.717) is 6.07 Å². The van der Waals surface area contributed by atoms with Gasteiger partial charge in [-0.15, -0.1) is 13.2 Å². The lowest BCUT2D eigenvalue weighted by Crippen LogP contribution is -2.29. The number of anilines is 1. The summed E-state index contributed by atoms with van der Waals surface area (Å²) in [5, 5.41) is 0. The molecule has 0 amide bonds. The Morgan fingerprint density at radius 1 is 0.933 bits per heavy atom. The third-order valence-electron chi connectivity index (χ3n) is 3.72. The first-order valence-electron chi connectivity index (χ1n) is 7.83. The van der Waals surface area contributed by atoms with E-state index in [4.69, 9.17) is 0 Å². The molecule has 0 aliphatic heterocycles. The van der Waals surface area contributed by atoms with E-state index in [-0.39, 0.29) is 16.7 Å². The second kappa shape index (κ2) is 7.44. The fraction of sp³-hybridized carbons (Fsp3) is 0.125. The van der Waals surface area contributed by atoms with Gasteiger partial charge in [-0.05, 0) is 36.4 Å². The van der Waals surface area contributed by atoms with Crippen LogP contribution >= 0.6 is 0 Å². The van der Waals surface area contributed by atoms with Crippen molar-refractivity contribution in [3.8, 4) is 5.75 Å². The van der Waals surface area contributed by atoms with Crippen molar-refractivity contribution in [3.05, 3.63) is 62.7 Å². The molecule has 1 heterocycles. The van der Waals surface area contributed by atoms with Crippen molar-refractivity contribution in [1.82, 2.24) is 9.97 Å². The molecule has 0 saturated carbocycles. The SMILES string of the molecule is O=c1[nH]c2cc(C(F)F)c(S(=O)(=O)Nc3ccc(OC(F)(F)F)cc3)cc2[nH]c1=O. The van der Waals surface area contributed by atoms with Crippen LogP contribution in [0, 0.1) is 0 Å². The minimum absolute atomic E-state index is 0.220. The molecular weight excluding hydrogens is 441 g/mol. The molecule has 0 fully saturated rings. The third-order valence-corrected chi connectivity index (χ3v) is 5.15. The minimum Gasteiger partial charge on any atom is -0.406 e. The number of hydrogen-bond donors (Lipinski definition) is 3. The number of benzene rings is 2. The molecule has 0 aliphatic carbocycles. The zero-order valence-corrected chi connectivity index (χ0v) is 15.2. The van der Waals surface area contributed by atoms with Gasteiger partial charge in [-0.25, -0.2) is 17.2 Å². The maximum absolute atomic E-state index is 13.4. The van der Waals surface area contributed by atoms with Gasteiger partial charge in [0.1, 0.15) is 5.75 Å². The second-order valence-corrected chi connectivity index (χ2v) is 7.47. The number of sulfonamides is 1. The number of aromatic amines is 2. The van der Waals surface area contributed by atoms with Gasteiger partial charge in [-0.1, -0.05) is 0 Å². The molecule has 3 aromatic rings. The zero-order valence-electron chi connectivity index (χ0n) is 14.4. The number of H-pyrrole nitrogens is 2. The molecule has 0 radical (unpaired) electrons. The molecule has 0 saturated heterocycles. The van der Waals surface area contributed by atoms with Crippen LogP contribution in [0.3, 0.4) is 0 Å². The fourth-order valence-corrected chi connectivity index (χ4v) is 3.79. The topological polar surface area (TPSA) is 121 Å². The van der Waals surface area contributed by atoms with Crippen molar-refractivity contribution in [1.29, 1.82) is 0 Å². The number of nitrogens with one attached hydrogen (secondary N) is 3. The number of rotatable bonds is 5. The van der Waals surface area contributed by atoms with E-state index in [1.54, 1.807) is 0 Å². The van der Waals surface area contributed by atoms with Crippen molar-refractivity contribution in [2.45, 2.75) is 17.7 Å². The number of halogens is 5. The molecule has 0 bridgehead atoms. The molecular formula is C16H10F5N3O5S. The van der Waals surface area contributed by atoms with Crippen LogP contribution in [0.2, 0.25) is 0 Å². The smallest absolute Gasteiger partial charge is 0.406 e. The van der Waals surface area contributed by atoms with Gasteiger partial charge in [0.2, 0.25) is 0 Å². The standard InChI is InChI=1S/C16H10F5N3O5S/c17-13(18)9-5-10-11(23-15(26)14(25)22-10)6-12(9)30(27,28)24-7-1-3-8(4-2-7)29-16(19,20)21/h1-6,13,24H,(H,22,25)(H,23,26). The number of aromatic nitrogens is 2. The Balaban J connectivity index is 2.02. The average Bonchev–Trinajstić information content (AvgIpc) is 2.62. The summed E-state index contributed by atoms with van der Waals surface area (Å²) in [6.45, 7) is 0. The Hall–Kier alpha value is -3.42. The summed E-state index contributed by atoms with van der Waals surface area (Å²) < 4.78 is 94.3. The highest BCUT2D eigenvalue weighted by atomic mass is 32.2. The van der Waals surface area contributed by atoms with Crippen LogP contribution in [0.5, 0.6) is 5.75 Å². The highest BCUT2D eigenvalue weighted by Gasteiger charge is 2.31. The van der Waals surface area contributed by atoms with Gasteiger partial charge in [0.25, 0.3) is 16.4 Å². The van der Waals surface area contributed by atoms with E-state index in [0.717, 1.165) is 30.3 Å². The van der Waals surface area contributed by atoms with Crippen LogP contribution in [0.25, 0.3) is 11.0 Å². The first-order chi connectivity index (χ1) is 13.9. The predicted octanol–water partition coefficient (Wildman–Crippen LogP) is 2.85. The number of fused-ring (bicyclic) bond motifs is 1. The van der Waals surface area contributed by atoms with Crippen LogP contribution < -0.4 is 20.6 Å². The molecule has 0 aliphatic rings. The average molecular weight is 451 g/mol. The van der Waals surface area contributed by atoms with Crippen molar-refractivity contribution < 1.29 is 35.1 Å². The summed E-state index contributed by atoms with van der Waals surface area (Å²) in [7, 11) is -4.66. The van der Waals surface area contributed by atoms with Crippen molar-refractivity contribution >= 4 is 26.7 Å². The largest absolute Gasteiger partial charge is 0.573 e. The van der Waals surface area contributed by atoms with E-state index in [9.17, 15) is 40.0 Å². The zero-order chi connectivity index (χ0) is 22.3. The number of ether oxygens (including phenoxy) is 1. The van der Waals surface area contributed by atoms with E-state index >= 15 is 0 Å². The van der Waals surface area contributed by atoms with E-state index < -0.39 is 50.1 Å². The summed E-state index contributed by atoms with van der Waals surface area (Å²) in [5.41, 5.74) is -3.88. The Morgan fingerprint density at radius 2 is 1.47 bits per heavy atom. The van der Waals surface area contributed by atoms with E-state index in [2.05, 4.69) is 14.7 Å². The molecule has 14 heteroatoms. The van der Waals surface area contributed by atoms with Crippen LogP contribution in [0.1, 0.15) is 12.0 Å². The van der Waals surface area contributed by atoms with Crippen molar-refractivity contribution in [2.24, 2.45) is 0 Å². The molecule has 8 nitrogen and oxygen atoms in total. The lowest BCUT2D eigenvalue weighted by molar-refractivity contribution is -0.274. The Morgan fingerprint density at radius 3 is 1.97 bits per heavy atom. The maximum atomic E-state index is 13.4. The summed E-state index contributed by atoms with van der Waals surface area (Å²) in [6, 6.07) is 4.94. The molecule has 0 unspecified atom stereocenters. The quantitative estimate of drug-likeness (QED) is 0.407. The van der Waals surface area contributed by atoms with Gasteiger partial charge < -0.3 is 14.7 Å². The summed E-state index contributed by atoms with van der Waals surface area (Å²) in [5.74, 6) is -0.619. The maximum Gasteiger partial charge on any atom is 0.573 e. The van der Waals surface area contributed by atoms with Crippen LogP contribution in [0.15, 0.2) is 50.9 Å². The molecule has 3 rings (SSSR count). The van der Waals surface area contributed by atoms with E-state index in [1.807, 2.05) is 4.72 Å². The van der Waals surface area contributed by atoms with Gasteiger partial charge in [0.05, 0.1) is 15.9 Å². The number of alkyl halides is 5. The van der Waals surface area contributed by atoms with Crippen molar-refractivity contribution in [3.63, 3.8) is 0 Å². The van der Waals surface area contributed by atoms with E-state index in [1.165, 1.54) is 0 Å². The Kier molecular flexibility index (Phi) is 5.28. The second-order valence-electron chi connectivity index (χ2n) is 5.82. The minimum atomic E-state index is -4.95. The first-order valence-corrected chi connectivity index (χ1v) is 9.31. The summed E-state index contributed by atoms with van der Waals surface area (Å²) >= 11 is 0. The van der Waals surface area contributed by atoms with Crippen LogP contribution in [0.4, 0.5) is 27.6 Å². The van der Waals surface area contributed by atoms with Gasteiger partial charge in [-0.2, -0.15) is 0 Å². The molecule has 30 heavy (non-hydrogen) atoms.